The third kappa shape index (κ3) is 3.38. The van der Waals surface area contributed by atoms with E-state index in [1.54, 1.807) is 6.07 Å². The van der Waals surface area contributed by atoms with Gasteiger partial charge in [0.1, 0.15) is 5.69 Å². The third-order valence-electron chi connectivity index (χ3n) is 3.44. The highest BCUT2D eigenvalue weighted by molar-refractivity contribution is 6.17. The maximum absolute atomic E-state index is 11.2. The Balaban J connectivity index is 2.32. The lowest BCUT2D eigenvalue weighted by Gasteiger charge is -2.24. The van der Waals surface area contributed by atoms with Crippen LogP contribution in [0, 0.1) is 10.1 Å². The normalized spacial score (nSPS) is 14.4. The van der Waals surface area contributed by atoms with Crippen LogP contribution in [0.5, 0.6) is 0 Å². The standard InChI is InChI=1S/C14H19ClN2O2/c1-2-3-8-16(12-5-6-12)13-7-4-11(10-15)9-14(13)17(18)19/h4,7,9,12H,2-3,5-6,8,10H2,1H3. The van der Waals surface area contributed by atoms with Crippen LogP contribution in [0.15, 0.2) is 18.2 Å². The van der Waals surface area contributed by atoms with E-state index in [0.717, 1.165) is 43.5 Å². The van der Waals surface area contributed by atoms with E-state index in [9.17, 15) is 10.1 Å². The van der Waals surface area contributed by atoms with Crippen LogP contribution in [-0.2, 0) is 5.88 Å². The molecule has 1 aromatic rings. The lowest BCUT2D eigenvalue weighted by molar-refractivity contribution is -0.384. The molecule has 1 aromatic carbocycles. The number of anilines is 1. The molecule has 1 fully saturated rings. The number of rotatable bonds is 7. The number of nitro benzene ring substituents is 1. The van der Waals surface area contributed by atoms with Crippen molar-refractivity contribution in [1.29, 1.82) is 0 Å². The van der Waals surface area contributed by atoms with E-state index in [2.05, 4.69) is 11.8 Å². The van der Waals surface area contributed by atoms with Crippen molar-refractivity contribution >= 4 is 23.0 Å². The van der Waals surface area contributed by atoms with Gasteiger partial charge in [-0.25, -0.2) is 0 Å². The molecule has 1 saturated carbocycles. The van der Waals surface area contributed by atoms with Crippen molar-refractivity contribution in [3.63, 3.8) is 0 Å². The topological polar surface area (TPSA) is 46.4 Å². The first-order chi connectivity index (χ1) is 9.17. The van der Waals surface area contributed by atoms with E-state index in [1.165, 1.54) is 0 Å². The van der Waals surface area contributed by atoms with E-state index < -0.39 is 0 Å². The van der Waals surface area contributed by atoms with E-state index in [-0.39, 0.29) is 10.6 Å². The number of alkyl halides is 1. The lowest BCUT2D eigenvalue weighted by Crippen LogP contribution is -2.27. The fourth-order valence-corrected chi connectivity index (χ4v) is 2.42. The summed E-state index contributed by atoms with van der Waals surface area (Å²) in [6.07, 6.45) is 4.43. The molecule has 0 atom stereocenters. The second kappa shape index (κ2) is 6.24. The van der Waals surface area contributed by atoms with Crippen LogP contribution in [0.4, 0.5) is 11.4 Å². The molecule has 104 valence electrons. The van der Waals surface area contributed by atoms with E-state index in [0.29, 0.717) is 11.9 Å². The zero-order chi connectivity index (χ0) is 13.8. The molecule has 2 rings (SSSR count). The first-order valence-corrected chi connectivity index (χ1v) is 7.30. The second-order valence-corrected chi connectivity index (χ2v) is 5.26. The Hall–Kier alpha value is -1.29. The van der Waals surface area contributed by atoms with Crippen molar-refractivity contribution in [1.82, 2.24) is 0 Å². The Labute approximate surface area is 118 Å². The molecule has 0 aromatic heterocycles. The van der Waals surface area contributed by atoms with Crippen molar-refractivity contribution in [2.45, 2.75) is 44.5 Å². The molecule has 1 aliphatic rings. The van der Waals surface area contributed by atoms with Gasteiger partial charge in [0, 0.05) is 24.5 Å². The van der Waals surface area contributed by atoms with Crippen LogP contribution < -0.4 is 4.90 Å². The van der Waals surface area contributed by atoms with Gasteiger partial charge in [0.2, 0.25) is 0 Å². The van der Waals surface area contributed by atoms with Crippen molar-refractivity contribution in [3.8, 4) is 0 Å². The molecule has 0 amide bonds. The molecular weight excluding hydrogens is 264 g/mol. The van der Waals surface area contributed by atoms with Gasteiger partial charge in [-0.1, -0.05) is 19.4 Å². The first kappa shape index (κ1) is 14.1. The molecule has 4 nitrogen and oxygen atoms in total. The number of nitro groups is 1. The fourth-order valence-electron chi connectivity index (χ4n) is 2.26. The molecule has 0 heterocycles. The largest absolute Gasteiger partial charge is 0.363 e. The van der Waals surface area contributed by atoms with Crippen LogP contribution in [0.2, 0.25) is 0 Å². The predicted octanol–water partition coefficient (Wildman–Crippen LogP) is 4.10. The molecule has 0 N–H and O–H groups in total. The van der Waals surface area contributed by atoms with Crippen molar-refractivity contribution in [3.05, 3.63) is 33.9 Å². The fraction of sp³-hybridized carbons (Fsp3) is 0.571. The second-order valence-electron chi connectivity index (χ2n) is 4.99. The highest BCUT2D eigenvalue weighted by Crippen LogP contribution is 2.37. The Morgan fingerprint density at radius 2 is 2.21 bits per heavy atom. The van der Waals surface area contributed by atoms with Crippen molar-refractivity contribution in [2.75, 3.05) is 11.4 Å². The van der Waals surface area contributed by atoms with Gasteiger partial charge in [0.05, 0.1) is 4.92 Å². The molecular formula is C14H19ClN2O2. The zero-order valence-electron chi connectivity index (χ0n) is 11.1. The number of hydrogen-bond acceptors (Lipinski definition) is 3. The quantitative estimate of drug-likeness (QED) is 0.430. The molecule has 5 heteroatoms. The van der Waals surface area contributed by atoms with Crippen LogP contribution in [0.3, 0.4) is 0 Å². The maximum Gasteiger partial charge on any atom is 0.292 e. The van der Waals surface area contributed by atoms with Crippen LogP contribution in [0.1, 0.15) is 38.2 Å². The van der Waals surface area contributed by atoms with E-state index in [1.807, 2.05) is 12.1 Å². The van der Waals surface area contributed by atoms with Crippen LogP contribution >= 0.6 is 11.6 Å². The van der Waals surface area contributed by atoms with Gasteiger partial charge in [-0.15, -0.1) is 11.6 Å². The van der Waals surface area contributed by atoms with Gasteiger partial charge < -0.3 is 4.90 Å². The van der Waals surface area contributed by atoms with Crippen LogP contribution in [0.25, 0.3) is 0 Å². The number of nitrogens with zero attached hydrogens (tertiary/aromatic N) is 2. The summed E-state index contributed by atoms with van der Waals surface area (Å²) in [5.74, 6) is 0.305. The van der Waals surface area contributed by atoms with Gasteiger partial charge in [0.15, 0.2) is 0 Å². The number of hydrogen-bond donors (Lipinski definition) is 0. The minimum absolute atomic E-state index is 0.182. The first-order valence-electron chi connectivity index (χ1n) is 6.77. The Morgan fingerprint density at radius 3 is 2.74 bits per heavy atom. The molecule has 0 unspecified atom stereocenters. The summed E-state index contributed by atoms with van der Waals surface area (Å²) in [7, 11) is 0. The summed E-state index contributed by atoms with van der Waals surface area (Å²) < 4.78 is 0. The number of unbranched alkanes of at least 4 members (excludes halogenated alkanes) is 1. The summed E-state index contributed by atoms with van der Waals surface area (Å²) >= 11 is 5.76. The Bertz CT molecular complexity index is 461. The Kier molecular flexibility index (Phi) is 4.64. The van der Waals surface area contributed by atoms with Crippen molar-refractivity contribution in [2.24, 2.45) is 0 Å². The Morgan fingerprint density at radius 1 is 1.47 bits per heavy atom. The lowest BCUT2D eigenvalue weighted by atomic mass is 10.1. The van der Waals surface area contributed by atoms with Gasteiger partial charge in [-0.2, -0.15) is 0 Å². The molecule has 1 aliphatic carbocycles. The van der Waals surface area contributed by atoms with Gasteiger partial charge in [-0.05, 0) is 30.9 Å². The molecule has 0 aliphatic heterocycles. The third-order valence-corrected chi connectivity index (χ3v) is 3.75. The minimum Gasteiger partial charge on any atom is -0.363 e. The SMILES string of the molecule is CCCCN(c1ccc(CCl)cc1[N+](=O)[O-])C1CC1. The molecule has 0 spiro atoms. The highest BCUT2D eigenvalue weighted by Gasteiger charge is 2.32. The van der Waals surface area contributed by atoms with E-state index in [4.69, 9.17) is 11.6 Å². The number of halogens is 1. The average Bonchev–Trinajstić information content (AvgIpc) is 3.23. The minimum atomic E-state index is -0.299. The van der Waals surface area contributed by atoms with Crippen molar-refractivity contribution < 1.29 is 4.92 Å². The molecule has 0 bridgehead atoms. The van der Waals surface area contributed by atoms with Crippen LogP contribution in [-0.4, -0.2) is 17.5 Å². The van der Waals surface area contributed by atoms with Gasteiger partial charge in [-0.3, -0.25) is 10.1 Å². The smallest absolute Gasteiger partial charge is 0.292 e. The van der Waals surface area contributed by atoms with E-state index >= 15 is 0 Å². The monoisotopic (exact) mass is 282 g/mol. The molecule has 0 radical (unpaired) electrons. The summed E-state index contributed by atoms with van der Waals surface area (Å²) in [6, 6.07) is 5.82. The molecule has 0 saturated heterocycles. The maximum atomic E-state index is 11.2. The highest BCUT2D eigenvalue weighted by atomic mass is 35.5. The van der Waals surface area contributed by atoms with Gasteiger partial charge in [0.25, 0.3) is 5.69 Å². The molecule has 19 heavy (non-hydrogen) atoms. The zero-order valence-corrected chi connectivity index (χ0v) is 11.9. The average molecular weight is 283 g/mol. The summed E-state index contributed by atoms with van der Waals surface area (Å²) in [5.41, 5.74) is 1.72. The summed E-state index contributed by atoms with van der Waals surface area (Å²) in [5, 5.41) is 11.2. The number of benzene rings is 1. The summed E-state index contributed by atoms with van der Waals surface area (Å²) in [6.45, 7) is 3.03. The van der Waals surface area contributed by atoms with Gasteiger partial charge >= 0.3 is 0 Å². The summed E-state index contributed by atoms with van der Waals surface area (Å²) in [4.78, 5) is 13.1. The predicted molar refractivity (Wildman–Crippen MR) is 77.9 cm³/mol.